The van der Waals surface area contributed by atoms with E-state index >= 15 is 0 Å². The summed E-state index contributed by atoms with van der Waals surface area (Å²) < 4.78 is 47.7. The van der Waals surface area contributed by atoms with Crippen LogP contribution in [0.1, 0.15) is 45.4 Å². The Hall–Kier alpha value is -3.12. The highest BCUT2D eigenvalue weighted by molar-refractivity contribution is 5.84. The molecule has 0 aliphatic carbocycles. The van der Waals surface area contributed by atoms with Gasteiger partial charge in [0.15, 0.2) is 5.69 Å². The van der Waals surface area contributed by atoms with Crippen molar-refractivity contribution in [3.8, 4) is 23.1 Å². The number of nitrogens with one attached hydrogen (secondary N) is 1. The number of hydrogen-bond acceptors (Lipinski definition) is 5. The van der Waals surface area contributed by atoms with Gasteiger partial charge >= 0.3 is 6.18 Å². The summed E-state index contributed by atoms with van der Waals surface area (Å²) in [7, 11) is 0. The SMILES string of the molecule is CCOc1ccc(-c2cc3c(ncn3CCCNC(C)(C)C)c(C#N)n2)cc1C(F)(F)F. The van der Waals surface area contributed by atoms with Crippen LogP contribution in [0.4, 0.5) is 13.2 Å². The molecule has 0 radical (unpaired) electrons. The van der Waals surface area contributed by atoms with Crippen LogP contribution in [0.2, 0.25) is 0 Å². The highest BCUT2D eigenvalue weighted by Crippen LogP contribution is 2.39. The van der Waals surface area contributed by atoms with Gasteiger partial charge < -0.3 is 14.6 Å². The van der Waals surface area contributed by atoms with Crippen molar-refractivity contribution in [2.45, 2.75) is 52.4 Å². The molecule has 0 saturated heterocycles. The lowest BCUT2D eigenvalue weighted by atomic mass is 10.1. The Kier molecular flexibility index (Phi) is 6.74. The first-order valence-corrected chi connectivity index (χ1v) is 10.4. The largest absolute Gasteiger partial charge is 0.493 e. The average molecular weight is 445 g/mol. The number of pyridine rings is 1. The minimum atomic E-state index is -4.58. The Bertz CT molecular complexity index is 1140. The van der Waals surface area contributed by atoms with Crippen molar-refractivity contribution in [3.63, 3.8) is 0 Å². The van der Waals surface area contributed by atoms with Crippen LogP contribution in [0.5, 0.6) is 5.75 Å². The van der Waals surface area contributed by atoms with Gasteiger partial charge in [0, 0.05) is 17.6 Å². The lowest BCUT2D eigenvalue weighted by Gasteiger charge is -2.20. The van der Waals surface area contributed by atoms with Crippen LogP contribution < -0.4 is 10.1 Å². The van der Waals surface area contributed by atoms with E-state index in [0.29, 0.717) is 17.6 Å². The van der Waals surface area contributed by atoms with E-state index in [1.165, 1.54) is 12.1 Å². The zero-order chi connectivity index (χ0) is 23.5. The molecule has 2 aromatic heterocycles. The fourth-order valence-electron chi connectivity index (χ4n) is 3.37. The van der Waals surface area contributed by atoms with Gasteiger partial charge in [-0.05, 0) is 64.9 Å². The van der Waals surface area contributed by atoms with Crippen molar-refractivity contribution in [3.05, 3.63) is 41.9 Å². The number of halogens is 3. The van der Waals surface area contributed by atoms with Crippen molar-refractivity contribution >= 4 is 11.0 Å². The minimum absolute atomic E-state index is 0.00587. The number of imidazole rings is 1. The molecule has 1 aromatic carbocycles. The first-order valence-electron chi connectivity index (χ1n) is 10.4. The zero-order valence-electron chi connectivity index (χ0n) is 18.5. The number of nitriles is 1. The number of aryl methyl sites for hydroxylation is 1. The van der Waals surface area contributed by atoms with E-state index in [1.807, 2.05) is 10.6 Å². The molecule has 0 bridgehead atoms. The molecule has 6 nitrogen and oxygen atoms in total. The second kappa shape index (κ2) is 9.17. The molecule has 0 aliphatic heterocycles. The Labute approximate surface area is 185 Å². The van der Waals surface area contributed by atoms with Crippen molar-refractivity contribution in [1.82, 2.24) is 19.9 Å². The third-order valence-electron chi connectivity index (χ3n) is 4.83. The van der Waals surface area contributed by atoms with Gasteiger partial charge in [0.05, 0.1) is 29.7 Å². The highest BCUT2D eigenvalue weighted by atomic mass is 19.4. The first-order chi connectivity index (χ1) is 15.0. The minimum Gasteiger partial charge on any atom is -0.493 e. The molecule has 1 N–H and O–H groups in total. The number of fused-ring (bicyclic) bond motifs is 1. The van der Waals surface area contributed by atoms with E-state index in [9.17, 15) is 18.4 Å². The smallest absolute Gasteiger partial charge is 0.419 e. The molecule has 0 fully saturated rings. The summed E-state index contributed by atoms with van der Waals surface area (Å²) in [5, 5.41) is 13.0. The normalized spacial score (nSPS) is 12.2. The summed E-state index contributed by atoms with van der Waals surface area (Å²) in [6.45, 7) is 9.44. The summed E-state index contributed by atoms with van der Waals surface area (Å²) in [4.78, 5) is 8.58. The van der Waals surface area contributed by atoms with Crippen LogP contribution >= 0.6 is 0 Å². The Morgan fingerprint density at radius 2 is 1.94 bits per heavy atom. The second-order valence-corrected chi connectivity index (χ2v) is 8.45. The molecule has 0 spiro atoms. The van der Waals surface area contributed by atoms with Crippen LogP contribution in [-0.4, -0.2) is 33.2 Å². The van der Waals surface area contributed by atoms with E-state index in [-0.39, 0.29) is 34.8 Å². The summed E-state index contributed by atoms with van der Waals surface area (Å²) in [5.41, 5.74) is 0.821. The van der Waals surface area contributed by atoms with Crippen molar-refractivity contribution in [2.75, 3.05) is 13.2 Å². The summed E-state index contributed by atoms with van der Waals surface area (Å²) in [6, 6.07) is 7.50. The zero-order valence-corrected chi connectivity index (χ0v) is 18.5. The van der Waals surface area contributed by atoms with E-state index in [1.54, 1.807) is 19.3 Å². The van der Waals surface area contributed by atoms with Crippen molar-refractivity contribution in [2.24, 2.45) is 0 Å². The van der Waals surface area contributed by atoms with Gasteiger partial charge in [-0.25, -0.2) is 9.97 Å². The van der Waals surface area contributed by atoms with Gasteiger partial charge in [-0.3, -0.25) is 0 Å². The van der Waals surface area contributed by atoms with Crippen LogP contribution in [0.3, 0.4) is 0 Å². The quantitative estimate of drug-likeness (QED) is 0.508. The van der Waals surface area contributed by atoms with Crippen LogP contribution in [0.25, 0.3) is 22.3 Å². The molecule has 2 heterocycles. The first kappa shape index (κ1) is 23.5. The molecule has 3 aromatic rings. The van der Waals surface area contributed by atoms with E-state index in [0.717, 1.165) is 19.0 Å². The summed E-state index contributed by atoms with van der Waals surface area (Å²) in [6.07, 6.45) is -2.12. The Balaban J connectivity index is 2.00. The van der Waals surface area contributed by atoms with Crippen LogP contribution in [-0.2, 0) is 12.7 Å². The predicted molar refractivity (Wildman–Crippen MR) is 116 cm³/mol. The number of alkyl halides is 3. The molecule has 0 aliphatic rings. The van der Waals surface area contributed by atoms with Crippen LogP contribution in [0.15, 0.2) is 30.6 Å². The van der Waals surface area contributed by atoms with Crippen LogP contribution in [0, 0.1) is 11.3 Å². The fourth-order valence-corrected chi connectivity index (χ4v) is 3.37. The number of aromatic nitrogens is 3. The molecule has 0 amide bonds. The van der Waals surface area contributed by atoms with Gasteiger partial charge in [0.2, 0.25) is 0 Å². The van der Waals surface area contributed by atoms with Gasteiger partial charge in [-0.2, -0.15) is 18.4 Å². The maximum absolute atomic E-state index is 13.6. The molecule has 9 heteroatoms. The maximum Gasteiger partial charge on any atom is 0.419 e. The topological polar surface area (TPSA) is 75.8 Å². The van der Waals surface area contributed by atoms with E-state index in [2.05, 4.69) is 36.1 Å². The Morgan fingerprint density at radius 1 is 1.19 bits per heavy atom. The lowest BCUT2D eigenvalue weighted by Crippen LogP contribution is -2.36. The lowest BCUT2D eigenvalue weighted by molar-refractivity contribution is -0.138. The summed E-state index contributed by atoms with van der Waals surface area (Å²) >= 11 is 0. The Morgan fingerprint density at radius 3 is 2.56 bits per heavy atom. The fraction of sp³-hybridized carbons (Fsp3) is 0.435. The third kappa shape index (κ3) is 5.37. The predicted octanol–water partition coefficient (Wildman–Crippen LogP) is 5.17. The second-order valence-electron chi connectivity index (χ2n) is 8.45. The molecule has 0 saturated carbocycles. The van der Waals surface area contributed by atoms with Gasteiger partial charge in [0.25, 0.3) is 0 Å². The monoisotopic (exact) mass is 445 g/mol. The van der Waals surface area contributed by atoms with Gasteiger partial charge in [-0.15, -0.1) is 0 Å². The van der Waals surface area contributed by atoms with Crippen molar-refractivity contribution in [1.29, 1.82) is 5.26 Å². The van der Waals surface area contributed by atoms with Crippen molar-refractivity contribution < 1.29 is 17.9 Å². The van der Waals surface area contributed by atoms with Gasteiger partial charge in [0.1, 0.15) is 17.3 Å². The molecule has 32 heavy (non-hydrogen) atoms. The van der Waals surface area contributed by atoms with E-state index < -0.39 is 11.7 Å². The molecule has 3 rings (SSSR count). The van der Waals surface area contributed by atoms with E-state index in [4.69, 9.17) is 4.74 Å². The molecule has 0 unspecified atom stereocenters. The third-order valence-corrected chi connectivity index (χ3v) is 4.83. The number of nitrogens with zero attached hydrogens (tertiary/aromatic N) is 4. The molecular formula is C23H26F3N5O. The molecular weight excluding hydrogens is 419 g/mol. The number of benzene rings is 1. The molecule has 170 valence electrons. The average Bonchev–Trinajstić information content (AvgIpc) is 3.12. The van der Waals surface area contributed by atoms with Gasteiger partial charge in [-0.1, -0.05) is 0 Å². The molecule has 0 atom stereocenters. The number of ether oxygens (including phenoxy) is 1. The number of hydrogen-bond donors (Lipinski definition) is 1. The maximum atomic E-state index is 13.6. The number of rotatable bonds is 7. The highest BCUT2D eigenvalue weighted by Gasteiger charge is 2.35. The summed E-state index contributed by atoms with van der Waals surface area (Å²) in [5.74, 6) is -0.235. The standard InChI is InChI=1S/C23H26F3N5O/c1-5-32-20-8-7-15(11-16(20)23(24,25)26)17-12-19-21(18(13-27)30-17)28-14-31(19)10-6-9-29-22(2,3)4/h7-8,11-12,14,29H,5-6,9-10H2,1-4H3.